The van der Waals surface area contributed by atoms with Gasteiger partial charge in [0, 0.05) is 6.42 Å². The Balaban J connectivity index is 2.69. The van der Waals surface area contributed by atoms with Gasteiger partial charge in [0.1, 0.15) is 12.1 Å². The topological polar surface area (TPSA) is 125 Å². The molecular weight excluding hydrogens is 336 g/mol. The molecule has 0 radical (unpaired) electrons. The molecule has 0 aliphatic carbocycles. The first-order chi connectivity index (χ1) is 11.3. The van der Waals surface area contributed by atoms with Crippen LogP contribution in [-0.2, 0) is 24.1 Å². The largest absolute Gasteiger partial charge is 0.444 e. The van der Waals surface area contributed by atoms with Crippen LogP contribution in [0.5, 0.6) is 0 Å². The third-order valence-electron chi connectivity index (χ3n) is 3.93. The highest BCUT2D eigenvalue weighted by Crippen LogP contribution is 2.17. The molecule has 9 heteroatoms. The number of ether oxygens (including phenoxy) is 2. The summed E-state index contributed by atoms with van der Waals surface area (Å²) in [4.78, 5) is 23.4. The highest BCUT2D eigenvalue weighted by atomic mass is 32.2. The van der Waals surface area contributed by atoms with E-state index in [-0.39, 0.29) is 6.10 Å². The van der Waals surface area contributed by atoms with Gasteiger partial charge in [-0.1, -0.05) is 26.7 Å². The number of alkyl carbamates (subject to hydrolysis) is 1. The highest BCUT2D eigenvalue weighted by Gasteiger charge is 2.32. The maximum atomic E-state index is 12.5. The quantitative estimate of drug-likeness (QED) is 0.589. The molecule has 3 N–H and O–H groups in total. The maximum Gasteiger partial charge on any atom is 0.408 e. The van der Waals surface area contributed by atoms with Crippen LogP contribution in [0.1, 0.15) is 46.0 Å². The monoisotopic (exact) mass is 364 g/mol. The lowest BCUT2D eigenvalue weighted by Crippen LogP contribution is -2.50. The van der Waals surface area contributed by atoms with E-state index in [0.29, 0.717) is 32.5 Å². The summed E-state index contributed by atoms with van der Waals surface area (Å²) in [5.74, 6) is -1.41. The first-order valence-electron chi connectivity index (χ1n) is 8.35. The number of nitrogens with two attached hydrogens (primary N) is 1. The molecule has 2 atom stereocenters. The van der Waals surface area contributed by atoms with E-state index in [4.69, 9.17) is 15.2 Å². The molecule has 24 heavy (non-hydrogen) atoms. The average Bonchev–Trinajstić information content (AvgIpc) is 2.98. The van der Waals surface area contributed by atoms with Crippen LogP contribution in [0.15, 0.2) is 0 Å². The maximum absolute atomic E-state index is 12.5. The summed E-state index contributed by atoms with van der Waals surface area (Å²) >= 11 is 0. The Labute approximate surface area is 143 Å². The molecule has 0 bridgehead atoms. The first-order valence-corrected chi connectivity index (χ1v) is 10.1. The van der Waals surface area contributed by atoms with Crippen LogP contribution in [0, 0.1) is 0 Å². The molecule has 1 aliphatic heterocycles. The Morgan fingerprint density at radius 1 is 1.29 bits per heavy atom. The Morgan fingerprint density at radius 3 is 2.38 bits per heavy atom. The summed E-state index contributed by atoms with van der Waals surface area (Å²) in [6.45, 7) is 4.61. The van der Waals surface area contributed by atoms with Crippen molar-refractivity contribution in [2.75, 3.05) is 19.0 Å². The molecule has 0 aromatic rings. The minimum absolute atomic E-state index is 0.294. The van der Waals surface area contributed by atoms with Gasteiger partial charge in [-0.15, -0.1) is 0 Å². The van der Waals surface area contributed by atoms with Crippen molar-refractivity contribution in [3.63, 3.8) is 0 Å². The summed E-state index contributed by atoms with van der Waals surface area (Å²) < 4.78 is 35.2. The van der Waals surface area contributed by atoms with Crippen molar-refractivity contribution in [3.8, 4) is 0 Å². The molecule has 0 aromatic heterocycles. The third kappa shape index (κ3) is 6.64. The van der Waals surface area contributed by atoms with E-state index in [0.717, 1.165) is 12.8 Å². The van der Waals surface area contributed by atoms with Crippen molar-refractivity contribution in [3.05, 3.63) is 0 Å². The first kappa shape index (κ1) is 20.7. The average molecular weight is 364 g/mol. The van der Waals surface area contributed by atoms with E-state index in [1.54, 1.807) is 0 Å². The zero-order valence-corrected chi connectivity index (χ0v) is 15.1. The second kappa shape index (κ2) is 9.83. The van der Waals surface area contributed by atoms with Crippen molar-refractivity contribution in [1.29, 1.82) is 0 Å². The lowest BCUT2D eigenvalue weighted by Gasteiger charge is -2.21. The predicted octanol–water partition coefficient (Wildman–Crippen LogP) is 0.739. The fourth-order valence-electron chi connectivity index (χ4n) is 2.64. The number of carbonyl (C=O) groups excluding carboxylic acids is 2. The SMILES string of the molecule is CCCC(CCC)S(=O)(=O)CC(NC(=O)O[C@H]1CCOC1)C(N)=O. The summed E-state index contributed by atoms with van der Waals surface area (Å²) in [5.41, 5.74) is 5.25. The van der Waals surface area contributed by atoms with Gasteiger partial charge in [0.2, 0.25) is 5.91 Å². The van der Waals surface area contributed by atoms with Gasteiger partial charge in [-0.05, 0) is 12.8 Å². The van der Waals surface area contributed by atoms with E-state index in [1.807, 2.05) is 13.8 Å². The molecule has 2 amide bonds. The van der Waals surface area contributed by atoms with Crippen LogP contribution in [0.4, 0.5) is 4.79 Å². The lowest BCUT2D eigenvalue weighted by atomic mass is 10.2. The van der Waals surface area contributed by atoms with E-state index >= 15 is 0 Å². The van der Waals surface area contributed by atoms with Crippen LogP contribution < -0.4 is 11.1 Å². The van der Waals surface area contributed by atoms with E-state index in [9.17, 15) is 18.0 Å². The zero-order chi connectivity index (χ0) is 18.2. The molecule has 0 spiro atoms. The number of amides is 2. The summed E-state index contributed by atoms with van der Waals surface area (Å²) in [5, 5.41) is 1.74. The molecular formula is C15H28N2O6S. The fraction of sp³-hybridized carbons (Fsp3) is 0.867. The van der Waals surface area contributed by atoms with Crippen molar-refractivity contribution in [2.24, 2.45) is 5.73 Å². The molecule has 0 aromatic carbocycles. The highest BCUT2D eigenvalue weighted by molar-refractivity contribution is 7.92. The molecule has 0 saturated carbocycles. The Hall–Kier alpha value is -1.35. The van der Waals surface area contributed by atoms with Gasteiger partial charge in [0.15, 0.2) is 9.84 Å². The minimum atomic E-state index is -3.56. The van der Waals surface area contributed by atoms with E-state index < -0.39 is 38.9 Å². The molecule has 1 saturated heterocycles. The van der Waals surface area contributed by atoms with Gasteiger partial charge in [-0.2, -0.15) is 0 Å². The summed E-state index contributed by atoms with van der Waals surface area (Å²) in [6, 6.07) is -1.30. The van der Waals surface area contributed by atoms with Gasteiger partial charge in [0.25, 0.3) is 0 Å². The molecule has 1 rings (SSSR count). The normalized spacial score (nSPS) is 19.2. The van der Waals surface area contributed by atoms with Crippen LogP contribution in [0.2, 0.25) is 0 Å². The van der Waals surface area contributed by atoms with Crippen molar-refractivity contribution in [2.45, 2.75) is 63.3 Å². The van der Waals surface area contributed by atoms with Gasteiger partial charge >= 0.3 is 6.09 Å². The number of rotatable bonds is 10. The van der Waals surface area contributed by atoms with Crippen molar-refractivity contribution in [1.82, 2.24) is 5.32 Å². The number of carbonyl (C=O) groups is 2. The second-order valence-electron chi connectivity index (χ2n) is 6.02. The number of nitrogens with one attached hydrogen (secondary N) is 1. The van der Waals surface area contributed by atoms with Crippen LogP contribution in [0.3, 0.4) is 0 Å². The molecule has 1 fully saturated rings. The molecule has 8 nitrogen and oxygen atoms in total. The fourth-order valence-corrected chi connectivity index (χ4v) is 4.82. The number of sulfone groups is 1. The van der Waals surface area contributed by atoms with Gasteiger partial charge in [-0.25, -0.2) is 13.2 Å². The van der Waals surface area contributed by atoms with Gasteiger partial charge < -0.3 is 20.5 Å². The van der Waals surface area contributed by atoms with Gasteiger partial charge in [0.05, 0.1) is 24.2 Å². The van der Waals surface area contributed by atoms with Gasteiger partial charge in [-0.3, -0.25) is 4.79 Å². The zero-order valence-electron chi connectivity index (χ0n) is 14.3. The smallest absolute Gasteiger partial charge is 0.408 e. The lowest BCUT2D eigenvalue weighted by molar-refractivity contribution is -0.119. The summed E-state index contributed by atoms with van der Waals surface area (Å²) in [6.07, 6.45) is 1.82. The molecule has 1 aliphatic rings. The Morgan fingerprint density at radius 2 is 1.92 bits per heavy atom. The standard InChI is InChI=1S/C15H28N2O6S/c1-3-5-12(6-4-2)24(20,21)10-13(14(16)18)17-15(19)23-11-7-8-22-9-11/h11-13H,3-10H2,1-2H3,(H2,16,18)(H,17,19)/t11-,13?/m0/s1. The Bertz CT molecular complexity index is 510. The molecule has 140 valence electrons. The molecule has 1 unspecified atom stereocenters. The van der Waals surface area contributed by atoms with E-state index in [2.05, 4.69) is 5.32 Å². The third-order valence-corrected chi connectivity index (χ3v) is 6.21. The van der Waals surface area contributed by atoms with Crippen molar-refractivity contribution < 1.29 is 27.5 Å². The predicted molar refractivity (Wildman–Crippen MR) is 89.2 cm³/mol. The number of hydrogen-bond acceptors (Lipinski definition) is 6. The van der Waals surface area contributed by atoms with E-state index in [1.165, 1.54) is 0 Å². The van der Waals surface area contributed by atoms with Crippen LogP contribution in [-0.4, -0.2) is 56.8 Å². The number of hydrogen-bond donors (Lipinski definition) is 2. The Kier molecular flexibility index (Phi) is 8.47. The minimum Gasteiger partial charge on any atom is -0.444 e. The second-order valence-corrected chi connectivity index (χ2v) is 8.34. The molecule has 1 heterocycles. The van der Waals surface area contributed by atoms with Crippen LogP contribution >= 0.6 is 0 Å². The van der Waals surface area contributed by atoms with Crippen LogP contribution in [0.25, 0.3) is 0 Å². The van der Waals surface area contributed by atoms with Crippen molar-refractivity contribution >= 4 is 21.8 Å². The summed E-state index contributed by atoms with van der Waals surface area (Å²) in [7, 11) is -3.56. The number of primary amides is 1.